The van der Waals surface area contributed by atoms with Crippen LogP contribution in [0.5, 0.6) is 5.75 Å². The van der Waals surface area contributed by atoms with Crippen LogP contribution in [0.1, 0.15) is 20.0 Å². The molecule has 0 saturated heterocycles. The van der Waals surface area contributed by atoms with E-state index >= 15 is 0 Å². The Labute approximate surface area is 152 Å². The maximum atomic E-state index is 11.9. The molecule has 1 heterocycles. The lowest BCUT2D eigenvalue weighted by Gasteiger charge is -2.09. The van der Waals surface area contributed by atoms with Gasteiger partial charge in [0.15, 0.2) is 5.75 Å². The second-order valence-electron chi connectivity index (χ2n) is 5.16. The van der Waals surface area contributed by atoms with Crippen molar-refractivity contribution in [2.45, 2.75) is 0 Å². The van der Waals surface area contributed by atoms with E-state index in [0.717, 1.165) is 0 Å². The van der Waals surface area contributed by atoms with Gasteiger partial charge in [-0.3, -0.25) is 0 Å². The molecule has 0 bridgehead atoms. The summed E-state index contributed by atoms with van der Waals surface area (Å²) in [6, 6.07) is 10.3. The van der Waals surface area contributed by atoms with Crippen molar-refractivity contribution < 1.29 is 24.2 Å². The largest absolute Gasteiger partial charge is 0.505 e. The lowest BCUT2D eigenvalue weighted by atomic mass is 10.0. The molecule has 1 aromatic heterocycles. The van der Waals surface area contributed by atoms with E-state index in [1.54, 1.807) is 35.7 Å². The third-order valence-electron chi connectivity index (χ3n) is 3.67. The summed E-state index contributed by atoms with van der Waals surface area (Å²) in [4.78, 5) is 24.0. The van der Waals surface area contributed by atoms with Gasteiger partial charge in [-0.15, -0.1) is 21.6 Å². The summed E-state index contributed by atoms with van der Waals surface area (Å²) < 4.78 is 9.41. The first-order valence-electron chi connectivity index (χ1n) is 7.47. The van der Waals surface area contributed by atoms with Crippen LogP contribution in [0.2, 0.25) is 0 Å². The molecule has 1 N–H and O–H groups in total. The first-order valence-corrected chi connectivity index (χ1v) is 8.35. The molecule has 3 aromatic rings. The van der Waals surface area contributed by atoms with Gasteiger partial charge in [0.25, 0.3) is 0 Å². The molecule has 0 amide bonds. The average Bonchev–Trinajstić information content (AvgIpc) is 3.14. The van der Waals surface area contributed by atoms with E-state index in [4.69, 9.17) is 9.47 Å². The Balaban J connectivity index is 2.15. The van der Waals surface area contributed by atoms with Crippen molar-refractivity contribution >= 4 is 45.4 Å². The number of aromatic hydroxyl groups is 1. The molecule has 8 heteroatoms. The van der Waals surface area contributed by atoms with Crippen LogP contribution in [0.25, 0.3) is 10.8 Å². The van der Waals surface area contributed by atoms with E-state index in [-0.39, 0.29) is 17.0 Å². The van der Waals surface area contributed by atoms with Crippen LogP contribution in [-0.2, 0) is 9.47 Å². The van der Waals surface area contributed by atoms with Crippen molar-refractivity contribution in [1.82, 2.24) is 0 Å². The quantitative estimate of drug-likeness (QED) is 0.535. The summed E-state index contributed by atoms with van der Waals surface area (Å²) in [5.74, 6) is -1.55. The number of nitrogens with zero attached hydrogens (tertiary/aromatic N) is 2. The number of esters is 2. The Morgan fingerprint density at radius 2 is 1.77 bits per heavy atom. The molecule has 0 aliphatic heterocycles. The van der Waals surface area contributed by atoms with Gasteiger partial charge in [0.2, 0.25) is 0 Å². The lowest BCUT2D eigenvalue weighted by molar-refractivity contribution is 0.0592. The Kier molecular flexibility index (Phi) is 4.94. The molecule has 0 fully saturated rings. The summed E-state index contributed by atoms with van der Waals surface area (Å²) in [5.41, 5.74) is 0.415. The van der Waals surface area contributed by atoms with Crippen molar-refractivity contribution in [2.75, 3.05) is 14.2 Å². The number of azo groups is 1. The van der Waals surface area contributed by atoms with Crippen LogP contribution in [0.4, 0.5) is 11.4 Å². The van der Waals surface area contributed by atoms with Crippen LogP contribution in [-0.4, -0.2) is 31.3 Å². The number of phenolic OH excluding ortho intramolecular Hbond substituents is 1. The summed E-state index contributed by atoms with van der Waals surface area (Å²) in [7, 11) is 2.51. The highest BCUT2D eigenvalue weighted by Gasteiger charge is 2.19. The van der Waals surface area contributed by atoms with Gasteiger partial charge in [-0.1, -0.05) is 24.3 Å². The molecule has 0 saturated carbocycles. The fourth-order valence-corrected chi connectivity index (χ4v) is 3.16. The number of fused-ring (bicyclic) bond motifs is 1. The second kappa shape index (κ2) is 7.32. The maximum Gasteiger partial charge on any atom is 0.350 e. The predicted molar refractivity (Wildman–Crippen MR) is 96.8 cm³/mol. The van der Waals surface area contributed by atoms with Gasteiger partial charge in [0.1, 0.15) is 21.8 Å². The number of methoxy groups -OCH3 is 2. The first-order chi connectivity index (χ1) is 12.6. The molecule has 26 heavy (non-hydrogen) atoms. The van der Waals surface area contributed by atoms with Crippen LogP contribution >= 0.6 is 11.3 Å². The molecule has 0 aliphatic rings. The van der Waals surface area contributed by atoms with Crippen molar-refractivity contribution in [3.8, 4) is 5.75 Å². The number of thiophene rings is 1. The van der Waals surface area contributed by atoms with Crippen LogP contribution in [0.3, 0.4) is 0 Å². The minimum absolute atomic E-state index is 0.0151. The summed E-state index contributed by atoms with van der Waals surface area (Å²) in [6.07, 6.45) is 0. The minimum Gasteiger partial charge on any atom is -0.505 e. The number of carbonyl (C=O) groups excluding carboxylic acids is 2. The monoisotopic (exact) mass is 370 g/mol. The lowest BCUT2D eigenvalue weighted by Crippen LogP contribution is -2.01. The van der Waals surface area contributed by atoms with Crippen molar-refractivity contribution in [3.63, 3.8) is 0 Å². The highest BCUT2D eigenvalue weighted by Crippen LogP contribution is 2.40. The Morgan fingerprint density at radius 3 is 2.50 bits per heavy atom. The third kappa shape index (κ3) is 3.14. The molecule has 0 spiro atoms. The van der Waals surface area contributed by atoms with E-state index in [9.17, 15) is 14.7 Å². The fraction of sp³-hybridized carbons (Fsp3) is 0.111. The van der Waals surface area contributed by atoms with Gasteiger partial charge in [-0.2, -0.15) is 0 Å². The van der Waals surface area contributed by atoms with E-state index in [1.807, 2.05) is 0 Å². The van der Waals surface area contributed by atoms with E-state index in [2.05, 4.69) is 10.2 Å². The topological polar surface area (TPSA) is 97.6 Å². The normalized spacial score (nSPS) is 11.0. The molecular formula is C18H14N2O5S. The van der Waals surface area contributed by atoms with Crippen molar-refractivity contribution in [2.24, 2.45) is 10.2 Å². The van der Waals surface area contributed by atoms with Crippen LogP contribution < -0.4 is 0 Å². The Morgan fingerprint density at radius 1 is 1.04 bits per heavy atom. The number of rotatable bonds is 4. The summed E-state index contributed by atoms with van der Waals surface area (Å²) in [5, 5.41) is 21.6. The number of benzene rings is 2. The molecule has 0 radical (unpaired) electrons. The molecule has 0 aliphatic carbocycles. The average molecular weight is 370 g/mol. The van der Waals surface area contributed by atoms with Gasteiger partial charge in [0.05, 0.1) is 14.2 Å². The second-order valence-corrected chi connectivity index (χ2v) is 6.08. The number of phenols is 1. The van der Waals surface area contributed by atoms with E-state index in [1.165, 1.54) is 31.6 Å². The zero-order valence-corrected chi connectivity index (χ0v) is 14.7. The Bertz CT molecular complexity index is 1030. The van der Waals surface area contributed by atoms with E-state index < -0.39 is 11.9 Å². The molecule has 0 unspecified atom stereocenters. The Hall–Kier alpha value is -3.26. The maximum absolute atomic E-state index is 11.9. The number of carbonyl (C=O) groups is 2. The SMILES string of the molecule is COC(=O)c1cc2ccccc2c(N=Nc2ccsc2C(=O)OC)c1O. The van der Waals surface area contributed by atoms with Crippen molar-refractivity contribution in [3.05, 3.63) is 52.2 Å². The molecule has 3 rings (SSSR count). The van der Waals surface area contributed by atoms with Gasteiger partial charge in [-0.05, 0) is 22.9 Å². The zero-order valence-electron chi connectivity index (χ0n) is 13.9. The van der Waals surface area contributed by atoms with Gasteiger partial charge in [-0.25, -0.2) is 9.59 Å². The summed E-state index contributed by atoms with van der Waals surface area (Å²) in [6.45, 7) is 0. The highest BCUT2D eigenvalue weighted by atomic mass is 32.1. The van der Waals surface area contributed by atoms with E-state index in [0.29, 0.717) is 21.3 Å². The number of hydrogen-bond acceptors (Lipinski definition) is 8. The fourth-order valence-electron chi connectivity index (χ4n) is 2.41. The first kappa shape index (κ1) is 17.6. The number of ether oxygens (including phenoxy) is 2. The van der Waals surface area contributed by atoms with Gasteiger partial charge < -0.3 is 14.6 Å². The smallest absolute Gasteiger partial charge is 0.350 e. The molecule has 132 valence electrons. The number of hydrogen-bond donors (Lipinski definition) is 1. The highest BCUT2D eigenvalue weighted by molar-refractivity contribution is 7.12. The van der Waals surface area contributed by atoms with Crippen LogP contribution in [0, 0.1) is 0 Å². The van der Waals surface area contributed by atoms with Gasteiger partial charge >= 0.3 is 11.9 Å². The molecule has 0 atom stereocenters. The van der Waals surface area contributed by atoms with Gasteiger partial charge in [0, 0.05) is 5.39 Å². The standard InChI is InChI=1S/C18H14N2O5S/c1-24-17(22)12-9-10-5-3-4-6-11(10)14(15(12)21)20-19-13-7-8-26-16(13)18(23)25-2/h3-9,21H,1-2H3. The third-order valence-corrected chi connectivity index (χ3v) is 4.56. The molecule has 2 aromatic carbocycles. The summed E-state index contributed by atoms with van der Waals surface area (Å²) >= 11 is 1.17. The molecular weight excluding hydrogens is 356 g/mol. The zero-order chi connectivity index (χ0) is 18.7. The predicted octanol–water partition coefficient (Wildman–Crippen LogP) is 4.60. The molecule has 7 nitrogen and oxygen atoms in total. The van der Waals surface area contributed by atoms with Crippen LogP contribution in [0.15, 0.2) is 52.0 Å². The van der Waals surface area contributed by atoms with Crippen molar-refractivity contribution in [1.29, 1.82) is 0 Å². The minimum atomic E-state index is -0.685.